The van der Waals surface area contributed by atoms with Crippen molar-refractivity contribution in [2.45, 2.75) is 32.0 Å². The number of carbonyl (C=O) groups is 1. The maximum Gasteiger partial charge on any atom is 0.231 e. The van der Waals surface area contributed by atoms with Crippen LogP contribution in [0.2, 0.25) is 0 Å². The van der Waals surface area contributed by atoms with E-state index in [-0.39, 0.29) is 12.0 Å². The van der Waals surface area contributed by atoms with Crippen molar-refractivity contribution in [2.75, 3.05) is 21.2 Å². The molecule has 182 valence electrons. The highest BCUT2D eigenvalue weighted by atomic mass is 16.6. The molecule has 2 unspecified atom stereocenters. The molecule has 0 radical (unpaired) electrons. The maximum absolute atomic E-state index is 13.1. The summed E-state index contributed by atoms with van der Waals surface area (Å²) < 4.78 is 5.20. The van der Waals surface area contributed by atoms with E-state index in [1.165, 1.54) is 5.56 Å². The summed E-state index contributed by atoms with van der Waals surface area (Å²) in [7, 11) is 5.75. The van der Waals surface area contributed by atoms with Gasteiger partial charge in [-0.25, -0.2) is 0 Å². The monoisotopic (exact) mass is 471 g/mol. The predicted octanol–water partition coefficient (Wildman–Crippen LogP) is 4.95. The van der Waals surface area contributed by atoms with E-state index in [4.69, 9.17) is 9.57 Å². The molecule has 0 saturated heterocycles. The van der Waals surface area contributed by atoms with Gasteiger partial charge in [-0.2, -0.15) is 0 Å². The second kappa shape index (κ2) is 11.2. The molecule has 2 aliphatic rings. The molecule has 1 heterocycles. The number of nitrogens with zero attached hydrogens (tertiary/aromatic N) is 2. The summed E-state index contributed by atoms with van der Waals surface area (Å²) in [6.45, 7) is 5.50. The number of benzene rings is 2. The van der Waals surface area contributed by atoms with Gasteiger partial charge in [0.25, 0.3) is 0 Å². The summed E-state index contributed by atoms with van der Waals surface area (Å²) in [6.07, 6.45) is 7.20. The van der Waals surface area contributed by atoms with E-state index < -0.39 is 5.92 Å². The Balaban J connectivity index is 1.41. The minimum atomic E-state index is -0.426. The van der Waals surface area contributed by atoms with Crippen LogP contribution in [0.15, 0.2) is 89.6 Å². The van der Waals surface area contributed by atoms with Crippen molar-refractivity contribution in [1.82, 2.24) is 10.2 Å². The molecule has 2 atom stereocenters. The molecular formula is C29H33N3O3. The van der Waals surface area contributed by atoms with E-state index in [1.54, 1.807) is 7.11 Å². The van der Waals surface area contributed by atoms with E-state index in [0.29, 0.717) is 19.4 Å². The number of methoxy groups -OCH3 is 1. The fourth-order valence-electron chi connectivity index (χ4n) is 4.24. The molecule has 2 aromatic rings. The van der Waals surface area contributed by atoms with Gasteiger partial charge in [0.05, 0.1) is 18.7 Å². The minimum Gasteiger partial charge on any atom is -0.497 e. The first-order chi connectivity index (χ1) is 16.9. The third-order valence-corrected chi connectivity index (χ3v) is 6.22. The van der Waals surface area contributed by atoms with Crippen LogP contribution in [0, 0.1) is 5.92 Å². The number of carbonyl (C=O) groups excluding carboxylic acids is 1. The number of oxime groups is 1. The molecule has 1 amide bonds. The van der Waals surface area contributed by atoms with E-state index in [2.05, 4.69) is 60.3 Å². The van der Waals surface area contributed by atoms with Gasteiger partial charge >= 0.3 is 0 Å². The zero-order chi connectivity index (χ0) is 24.8. The molecule has 6 heteroatoms. The summed E-state index contributed by atoms with van der Waals surface area (Å²) in [6, 6.07) is 16.1. The molecule has 0 bridgehead atoms. The first-order valence-electron chi connectivity index (χ1n) is 11.9. The van der Waals surface area contributed by atoms with E-state index in [9.17, 15) is 4.79 Å². The summed E-state index contributed by atoms with van der Waals surface area (Å²) in [5, 5.41) is 7.42. The van der Waals surface area contributed by atoms with Crippen LogP contribution in [0.1, 0.15) is 35.6 Å². The highest BCUT2D eigenvalue weighted by molar-refractivity contribution is 6.04. The SMILES string of the molecule is C=C1CC=CC(C2=NOC(c3ccc(CN(C)C)cc3)C2)=CC1C(=O)NCc1ccc(OC)cc1. The Morgan fingerprint density at radius 3 is 2.54 bits per heavy atom. The van der Waals surface area contributed by atoms with Gasteiger partial charge in [0.15, 0.2) is 6.10 Å². The standard InChI is InChI=1S/C29H33N3O3/c1-20-6-5-7-24(16-26(20)29(33)30-18-21-10-14-25(34-4)15-11-21)27-17-28(35-31-27)23-12-8-22(9-13-23)19-32(2)3/h5,7-16,26,28H,1,6,17-19H2,2-4H3,(H,30,33). The number of allylic oxidation sites excluding steroid dienone is 3. The fraction of sp³-hybridized carbons (Fsp3) is 0.310. The van der Waals surface area contributed by atoms with Crippen molar-refractivity contribution < 1.29 is 14.4 Å². The third-order valence-electron chi connectivity index (χ3n) is 6.22. The van der Waals surface area contributed by atoms with Crippen LogP contribution < -0.4 is 10.1 Å². The highest BCUT2D eigenvalue weighted by Crippen LogP contribution is 2.32. The Kier molecular flexibility index (Phi) is 7.83. The highest BCUT2D eigenvalue weighted by Gasteiger charge is 2.27. The van der Waals surface area contributed by atoms with Crippen molar-refractivity contribution in [3.8, 4) is 5.75 Å². The predicted molar refractivity (Wildman–Crippen MR) is 139 cm³/mol. The number of nitrogens with one attached hydrogen (secondary N) is 1. The van der Waals surface area contributed by atoms with Crippen molar-refractivity contribution >= 4 is 11.6 Å². The van der Waals surface area contributed by atoms with E-state index in [0.717, 1.165) is 40.3 Å². The van der Waals surface area contributed by atoms with Gasteiger partial charge in [-0.3, -0.25) is 4.79 Å². The number of rotatable bonds is 8. The topological polar surface area (TPSA) is 63.2 Å². The summed E-state index contributed by atoms with van der Waals surface area (Å²) >= 11 is 0. The van der Waals surface area contributed by atoms with Gasteiger partial charge in [-0.1, -0.05) is 71.9 Å². The van der Waals surface area contributed by atoms with Gasteiger partial charge in [-0.15, -0.1) is 0 Å². The molecule has 0 fully saturated rings. The van der Waals surface area contributed by atoms with Crippen molar-refractivity contribution in [1.29, 1.82) is 0 Å². The zero-order valence-electron chi connectivity index (χ0n) is 20.7. The van der Waals surface area contributed by atoms with Crippen molar-refractivity contribution in [2.24, 2.45) is 11.1 Å². The van der Waals surface area contributed by atoms with Gasteiger partial charge in [-0.05, 0) is 54.9 Å². The van der Waals surface area contributed by atoms with Crippen LogP contribution in [0.5, 0.6) is 5.75 Å². The Morgan fingerprint density at radius 2 is 1.86 bits per heavy atom. The van der Waals surface area contributed by atoms with Crippen LogP contribution in [-0.4, -0.2) is 37.7 Å². The van der Waals surface area contributed by atoms with Gasteiger partial charge in [0, 0.05) is 19.5 Å². The largest absolute Gasteiger partial charge is 0.497 e. The van der Waals surface area contributed by atoms with Crippen LogP contribution >= 0.6 is 0 Å². The normalized spacial score (nSPS) is 19.6. The average molecular weight is 472 g/mol. The number of ether oxygens (including phenoxy) is 1. The number of hydrogen-bond acceptors (Lipinski definition) is 5. The zero-order valence-corrected chi connectivity index (χ0v) is 20.7. The first-order valence-corrected chi connectivity index (χ1v) is 11.9. The Hall–Kier alpha value is -3.64. The van der Waals surface area contributed by atoms with Crippen LogP contribution in [0.25, 0.3) is 0 Å². The lowest BCUT2D eigenvalue weighted by molar-refractivity contribution is -0.122. The van der Waals surface area contributed by atoms with Gasteiger partial charge in [0.1, 0.15) is 5.75 Å². The molecule has 0 aromatic heterocycles. The summed E-state index contributed by atoms with van der Waals surface area (Å²) in [5.74, 6) is 0.295. The van der Waals surface area contributed by atoms with Crippen LogP contribution in [0.3, 0.4) is 0 Å². The molecule has 1 N–H and O–H groups in total. The second-order valence-corrected chi connectivity index (χ2v) is 9.25. The quantitative estimate of drug-likeness (QED) is 0.554. The van der Waals surface area contributed by atoms with Crippen molar-refractivity contribution in [3.63, 3.8) is 0 Å². The number of amides is 1. The average Bonchev–Trinajstić information content (AvgIpc) is 3.26. The molecule has 6 nitrogen and oxygen atoms in total. The van der Waals surface area contributed by atoms with Gasteiger partial charge in [0.2, 0.25) is 5.91 Å². The van der Waals surface area contributed by atoms with Gasteiger partial charge < -0.3 is 19.8 Å². The summed E-state index contributed by atoms with van der Waals surface area (Å²) in [4.78, 5) is 21.0. The Morgan fingerprint density at radius 1 is 1.14 bits per heavy atom. The molecule has 0 spiro atoms. The van der Waals surface area contributed by atoms with E-state index in [1.807, 2.05) is 42.5 Å². The first kappa shape index (κ1) is 24.5. The molecular weight excluding hydrogens is 438 g/mol. The molecule has 4 rings (SSSR count). The summed E-state index contributed by atoms with van der Waals surface area (Å²) in [5.41, 5.74) is 5.99. The maximum atomic E-state index is 13.1. The molecule has 1 aliphatic heterocycles. The lowest BCUT2D eigenvalue weighted by Gasteiger charge is -2.15. The van der Waals surface area contributed by atoms with E-state index >= 15 is 0 Å². The fourth-order valence-corrected chi connectivity index (χ4v) is 4.24. The van der Waals surface area contributed by atoms with Crippen LogP contribution in [-0.2, 0) is 22.7 Å². The van der Waals surface area contributed by atoms with Crippen LogP contribution in [0.4, 0.5) is 0 Å². The smallest absolute Gasteiger partial charge is 0.231 e. The molecule has 1 aliphatic carbocycles. The Labute approximate surface area is 207 Å². The number of hydrogen-bond donors (Lipinski definition) is 1. The molecule has 2 aromatic carbocycles. The molecule has 0 saturated carbocycles. The second-order valence-electron chi connectivity index (χ2n) is 9.25. The molecule has 35 heavy (non-hydrogen) atoms. The third kappa shape index (κ3) is 6.28. The minimum absolute atomic E-state index is 0.0698. The Bertz CT molecular complexity index is 1140. The lowest BCUT2D eigenvalue weighted by atomic mass is 9.94. The van der Waals surface area contributed by atoms with Crippen molar-refractivity contribution in [3.05, 3.63) is 101 Å². The lowest BCUT2D eigenvalue weighted by Crippen LogP contribution is -2.30.